The molecular formula is C13H10ClF2NO. The van der Waals surface area contributed by atoms with Gasteiger partial charge >= 0.3 is 0 Å². The Hall–Kier alpha value is -1.65. The normalized spacial score (nSPS) is 10.4. The summed E-state index contributed by atoms with van der Waals surface area (Å²) in [5.74, 6) is -0.607. The Balaban J connectivity index is 2.40. The predicted molar refractivity (Wildman–Crippen MR) is 65.8 cm³/mol. The van der Waals surface area contributed by atoms with Gasteiger partial charge in [0.25, 0.3) is 0 Å². The predicted octanol–water partition coefficient (Wildman–Crippen LogP) is 3.87. The first kappa shape index (κ1) is 12.8. The molecule has 0 aliphatic rings. The molecule has 2 N–H and O–H groups in total. The minimum Gasteiger partial charge on any atom is -0.455 e. The van der Waals surface area contributed by atoms with E-state index in [4.69, 9.17) is 22.1 Å². The molecule has 0 spiro atoms. The van der Waals surface area contributed by atoms with Gasteiger partial charge in [0.1, 0.15) is 23.1 Å². The molecule has 2 rings (SSSR count). The quantitative estimate of drug-likeness (QED) is 0.918. The third-order valence-electron chi connectivity index (χ3n) is 2.39. The van der Waals surface area contributed by atoms with E-state index >= 15 is 0 Å². The van der Waals surface area contributed by atoms with Crippen LogP contribution < -0.4 is 10.5 Å². The van der Waals surface area contributed by atoms with Gasteiger partial charge in [-0.05, 0) is 24.3 Å². The van der Waals surface area contributed by atoms with Gasteiger partial charge < -0.3 is 10.5 Å². The van der Waals surface area contributed by atoms with Crippen molar-refractivity contribution in [3.63, 3.8) is 0 Å². The van der Waals surface area contributed by atoms with Crippen molar-refractivity contribution in [2.45, 2.75) is 6.54 Å². The monoisotopic (exact) mass is 269 g/mol. The van der Waals surface area contributed by atoms with Crippen molar-refractivity contribution in [3.8, 4) is 11.5 Å². The molecule has 0 aliphatic carbocycles. The standard InChI is InChI=1S/C13H10ClF2NO/c14-10-5-4-8(15)6-13(10)18-12-3-1-2-11(16)9(12)7-17/h1-6H,7,17H2. The zero-order chi connectivity index (χ0) is 13.1. The Bertz CT molecular complexity index is 575. The van der Waals surface area contributed by atoms with Crippen LogP contribution in [0.15, 0.2) is 36.4 Å². The highest BCUT2D eigenvalue weighted by Gasteiger charge is 2.11. The van der Waals surface area contributed by atoms with Crippen LogP contribution in [0.5, 0.6) is 11.5 Å². The molecule has 0 heterocycles. The number of hydrogen-bond donors (Lipinski definition) is 1. The molecule has 2 nitrogen and oxygen atoms in total. The maximum Gasteiger partial charge on any atom is 0.148 e. The van der Waals surface area contributed by atoms with Crippen molar-refractivity contribution in [2.75, 3.05) is 0 Å². The fraction of sp³-hybridized carbons (Fsp3) is 0.0769. The van der Waals surface area contributed by atoms with E-state index < -0.39 is 11.6 Å². The van der Waals surface area contributed by atoms with Crippen molar-refractivity contribution in [1.82, 2.24) is 0 Å². The van der Waals surface area contributed by atoms with Gasteiger partial charge in [-0.1, -0.05) is 17.7 Å². The average molecular weight is 270 g/mol. The molecule has 5 heteroatoms. The third-order valence-corrected chi connectivity index (χ3v) is 2.71. The van der Waals surface area contributed by atoms with Gasteiger partial charge in [-0.2, -0.15) is 0 Å². The number of halogens is 3. The summed E-state index contributed by atoms with van der Waals surface area (Å²) in [5.41, 5.74) is 5.67. The van der Waals surface area contributed by atoms with Crippen molar-refractivity contribution in [3.05, 3.63) is 58.6 Å². The van der Waals surface area contributed by atoms with E-state index in [0.717, 1.165) is 6.07 Å². The Morgan fingerprint density at radius 3 is 2.61 bits per heavy atom. The molecule has 94 valence electrons. The second kappa shape index (κ2) is 5.33. The first-order valence-corrected chi connectivity index (χ1v) is 5.60. The molecule has 2 aromatic rings. The maximum atomic E-state index is 13.5. The van der Waals surface area contributed by atoms with Crippen LogP contribution in [-0.4, -0.2) is 0 Å². The molecule has 0 bridgehead atoms. The van der Waals surface area contributed by atoms with Crippen LogP contribution in [0.4, 0.5) is 8.78 Å². The van der Waals surface area contributed by atoms with Crippen LogP contribution in [0.25, 0.3) is 0 Å². The molecule has 0 saturated carbocycles. The fourth-order valence-corrected chi connectivity index (χ4v) is 1.66. The molecule has 0 saturated heterocycles. The minimum absolute atomic E-state index is 0.0189. The van der Waals surface area contributed by atoms with Crippen molar-refractivity contribution >= 4 is 11.6 Å². The summed E-state index contributed by atoms with van der Waals surface area (Å²) >= 11 is 5.86. The van der Waals surface area contributed by atoms with E-state index in [0.29, 0.717) is 0 Å². The van der Waals surface area contributed by atoms with Gasteiger partial charge in [0, 0.05) is 18.2 Å². The van der Waals surface area contributed by atoms with E-state index in [1.807, 2.05) is 0 Å². The van der Waals surface area contributed by atoms with Crippen molar-refractivity contribution < 1.29 is 13.5 Å². The lowest BCUT2D eigenvalue weighted by Gasteiger charge is -2.11. The van der Waals surface area contributed by atoms with Gasteiger partial charge in [0.05, 0.1) is 5.02 Å². The van der Waals surface area contributed by atoms with E-state index in [1.54, 1.807) is 6.07 Å². The molecule has 0 amide bonds. The highest BCUT2D eigenvalue weighted by molar-refractivity contribution is 6.32. The molecule has 0 radical (unpaired) electrons. The largest absolute Gasteiger partial charge is 0.455 e. The topological polar surface area (TPSA) is 35.2 Å². The number of nitrogens with two attached hydrogens (primary N) is 1. The van der Waals surface area contributed by atoms with E-state index in [-0.39, 0.29) is 28.6 Å². The molecule has 0 fully saturated rings. The van der Waals surface area contributed by atoms with Crippen LogP contribution in [-0.2, 0) is 6.54 Å². The fourth-order valence-electron chi connectivity index (χ4n) is 1.51. The van der Waals surface area contributed by atoms with Gasteiger partial charge in [-0.25, -0.2) is 8.78 Å². The van der Waals surface area contributed by atoms with Crippen LogP contribution in [0, 0.1) is 11.6 Å². The van der Waals surface area contributed by atoms with Crippen LogP contribution in [0.2, 0.25) is 5.02 Å². The molecule has 0 unspecified atom stereocenters. The van der Waals surface area contributed by atoms with E-state index in [9.17, 15) is 8.78 Å². The molecular weight excluding hydrogens is 260 g/mol. The first-order chi connectivity index (χ1) is 8.61. The number of hydrogen-bond acceptors (Lipinski definition) is 2. The second-order valence-corrected chi connectivity index (χ2v) is 4.00. The summed E-state index contributed by atoms with van der Waals surface area (Å²) in [7, 11) is 0. The van der Waals surface area contributed by atoms with E-state index in [2.05, 4.69) is 0 Å². The molecule has 18 heavy (non-hydrogen) atoms. The van der Waals surface area contributed by atoms with Crippen LogP contribution in [0.1, 0.15) is 5.56 Å². The van der Waals surface area contributed by atoms with Gasteiger partial charge in [0.2, 0.25) is 0 Å². The lowest BCUT2D eigenvalue weighted by atomic mass is 10.2. The van der Waals surface area contributed by atoms with Crippen LogP contribution >= 0.6 is 11.6 Å². The minimum atomic E-state index is -0.486. The lowest BCUT2D eigenvalue weighted by Crippen LogP contribution is -2.02. The Labute approximate surface area is 108 Å². The smallest absolute Gasteiger partial charge is 0.148 e. The maximum absolute atomic E-state index is 13.5. The number of ether oxygens (including phenoxy) is 1. The molecule has 0 atom stereocenters. The van der Waals surface area contributed by atoms with Crippen molar-refractivity contribution in [1.29, 1.82) is 0 Å². The Kier molecular flexibility index (Phi) is 3.79. The zero-order valence-electron chi connectivity index (χ0n) is 9.29. The van der Waals surface area contributed by atoms with Gasteiger partial charge in [0.15, 0.2) is 0 Å². The number of rotatable bonds is 3. The SMILES string of the molecule is NCc1c(F)cccc1Oc1cc(F)ccc1Cl. The third kappa shape index (κ3) is 2.60. The summed E-state index contributed by atoms with van der Waals surface area (Å²) in [6, 6.07) is 8.03. The Morgan fingerprint density at radius 2 is 1.89 bits per heavy atom. The lowest BCUT2D eigenvalue weighted by molar-refractivity contribution is 0.463. The summed E-state index contributed by atoms with van der Waals surface area (Å²) < 4.78 is 31.9. The first-order valence-electron chi connectivity index (χ1n) is 5.22. The Morgan fingerprint density at radius 1 is 1.11 bits per heavy atom. The summed E-state index contributed by atoms with van der Waals surface area (Å²) in [4.78, 5) is 0. The second-order valence-electron chi connectivity index (χ2n) is 3.60. The average Bonchev–Trinajstić information content (AvgIpc) is 2.34. The van der Waals surface area contributed by atoms with E-state index in [1.165, 1.54) is 24.3 Å². The molecule has 0 aliphatic heterocycles. The zero-order valence-corrected chi connectivity index (χ0v) is 10.0. The summed E-state index contributed by atoms with van der Waals surface area (Å²) in [6.07, 6.45) is 0. The highest BCUT2D eigenvalue weighted by atomic mass is 35.5. The number of benzene rings is 2. The van der Waals surface area contributed by atoms with Gasteiger partial charge in [-0.15, -0.1) is 0 Å². The summed E-state index contributed by atoms with van der Waals surface area (Å²) in [6.45, 7) is -0.0189. The molecule has 2 aromatic carbocycles. The molecule has 0 aromatic heterocycles. The van der Waals surface area contributed by atoms with Crippen LogP contribution in [0.3, 0.4) is 0 Å². The van der Waals surface area contributed by atoms with Crippen molar-refractivity contribution in [2.24, 2.45) is 5.73 Å². The summed E-state index contributed by atoms with van der Waals surface area (Å²) in [5, 5.41) is 0.239. The highest BCUT2D eigenvalue weighted by Crippen LogP contribution is 2.32. The van der Waals surface area contributed by atoms with Gasteiger partial charge in [-0.3, -0.25) is 0 Å².